The van der Waals surface area contributed by atoms with E-state index in [-0.39, 0.29) is 54.5 Å². The lowest BCUT2D eigenvalue weighted by Gasteiger charge is -2.32. The summed E-state index contributed by atoms with van der Waals surface area (Å²) in [5.74, 6) is -13.1. The number of phenols is 1. The van der Waals surface area contributed by atoms with Crippen LogP contribution < -0.4 is 37.6 Å². The number of benzene rings is 1. The Hall–Kier alpha value is -7.27. The first kappa shape index (κ1) is 67.2. The van der Waals surface area contributed by atoms with Crippen molar-refractivity contribution in [3.8, 4) is 5.75 Å². The summed E-state index contributed by atoms with van der Waals surface area (Å²) in [4.78, 5) is 171. The number of aromatic nitrogens is 1. The Labute approximate surface area is 507 Å². The highest BCUT2D eigenvalue weighted by Gasteiger charge is 2.45. The molecule has 2 fully saturated rings. The molecule has 28 heteroatoms. The summed E-state index contributed by atoms with van der Waals surface area (Å²) in [7, 11) is 0. The molecule has 5 aliphatic heterocycles. The largest absolute Gasteiger partial charge is 0.508 e. The number of hydrogen-bond donors (Lipinski definition) is 12. The molecule has 1 aromatic carbocycles. The zero-order valence-electron chi connectivity index (χ0n) is 49.4. The van der Waals surface area contributed by atoms with E-state index in [0.717, 1.165) is 35.9 Å². The van der Waals surface area contributed by atoms with E-state index >= 15 is 0 Å². The summed E-state index contributed by atoms with van der Waals surface area (Å²) in [5, 5.41) is 60.5. The van der Waals surface area contributed by atoms with Gasteiger partial charge in [-0.05, 0) is 81.1 Å². The van der Waals surface area contributed by atoms with Crippen molar-refractivity contribution in [1.82, 2.24) is 51.6 Å². The summed E-state index contributed by atoms with van der Waals surface area (Å²) in [6, 6.07) is -2.69. The molecular weight excluding hydrogens is 1150 g/mol. The van der Waals surface area contributed by atoms with Gasteiger partial charge in [0.1, 0.15) is 17.8 Å². The summed E-state index contributed by atoms with van der Waals surface area (Å²) >= 11 is 1.02. The van der Waals surface area contributed by atoms with E-state index < -0.39 is 158 Å². The third-order valence-electron chi connectivity index (χ3n) is 17.4. The van der Waals surface area contributed by atoms with Crippen molar-refractivity contribution in [2.75, 3.05) is 58.2 Å². The molecule has 5 aliphatic rings. The number of carbonyl (C=O) groups excluding carboxylic acids is 12. The SMILES string of the molecule is CC[C@H](C)[C@@H]1NC(=O)CNC(=O)[C@@H]2CC(=O)[C@H]([C@@H](C)[C@@H](O)CO)NC(=O)[C@@H]3C[C@@H](O)CN3C(=O)[C@H](CC(N)=O)CC(=O)[C@H](CSc3[nH]c4c(CN5CCC(CCNC(=O)CCCCCN6C(=O)C=CC6=O)CC5)c(O)ccc4c3C2)NC(=O)CNC1=O. The van der Waals surface area contributed by atoms with Gasteiger partial charge in [0.05, 0.1) is 60.4 Å². The number of H-pyrrole nitrogens is 1. The van der Waals surface area contributed by atoms with Crippen molar-refractivity contribution in [3.63, 3.8) is 0 Å². The van der Waals surface area contributed by atoms with Crippen LogP contribution in [0.5, 0.6) is 5.75 Å². The highest BCUT2D eigenvalue weighted by atomic mass is 32.2. The average Bonchev–Trinajstić information content (AvgIpc) is 2.20. The van der Waals surface area contributed by atoms with Crippen molar-refractivity contribution in [2.24, 2.45) is 35.3 Å². The first-order valence-corrected chi connectivity index (χ1v) is 31.0. The van der Waals surface area contributed by atoms with Gasteiger partial charge in [-0.2, -0.15) is 0 Å². The number of nitrogens with one attached hydrogen (secondary N) is 7. The van der Waals surface area contributed by atoms with E-state index in [9.17, 15) is 78.0 Å². The number of thioether (sulfide) groups is 1. The highest BCUT2D eigenvalue weighted by Crippen LogP contribution is 2.39. The number of Topliss-reactive ketones (excluding diaryl/α,β-unsaturated/α-hetero) is 2. The van der Waals surface area contributed by atoms with Crippen molar-refractivity contribution < 1.29 is 78.0 Å². The number of imide groups is 1. The fraction of sp³-hybridized carbons (Fsp3) is 0.627. The number of primary amides is 1. The molecule has 0 unspecified atom stereocenters. The van der Waals surface area contributed by atoms with Crippen molar-refractivity contribution in [3.05, 3.63) is 35.4 Å². The molecule has 476 valence electrons. The second-order valence-electron chi connectivity index (χ2n) is 23.6. The van der Waals surface area contributed by atoms with Crippen LogP contribution >= 0.6 is 11.8 Å². The normalized spacial score (nSPS) is 25.7. The number of aliphatic hydroxyl groups excluding tert-OH is 3. The Bertz CT molecular complexity index is 2950. The van der Waals surface area contributed by atoms with Gasteiger partial charge in [0.15, 0.2) is 11.6 Å². The number of hydrogen-bond acceptors (Lipinski definition) is 18. The average molecular weight is 1230 g/mol. The van der Waals surface area contributed by atoms with Crippen LogP contribution in [-0.4, -0.2) is 205 Å². The lowest BCUT2D eigenvalue weighted by molar-refractivity contribution is -0.145. The molecule has 1 aromatic heterocycles. The third kappa shape index (κ3) is 17.7. The van der Waals surface area contributed by atoms with Crippen LogP contribution in [0.4, 0.5) is 0 Å². The summed E-state index contributed by atoms with van der Waals surface area (Å²) in [6.45, 7) is 4.49. The molecule has 0 spiro atoms. The summed E-state index contributed by atoms with van der Waals surface area (Å²) in [5.41, 5.74) is 6.96. The molecule has 10 atom stereocenters. The van der Waals surface area contributed by atoms with Crippen molar-refractivity contribution in [2.45, 2.75) is 152 Å². The lowest BCUT2D eigenvalue weighted by atomic mass is 9.85. The molecule has 87 heavy (non-hydrogen) atoms. The Morgan fingerprint density at radius 1 is 0.839 bits per heavy atom. The van der Waals surface area contributed by atoms with Crippen LogP contribution in [0, 0.1) is 29.6 Å². The number of likely N-dealkylation sites (tertiary alicyclic amines) is 1. The van der Waals surface area contributed by atoms with E-state index in [1.165, 1.54) is 30.0 Å². The van der Waals surface area contributed by atoms with Gasteiger partial charge in [-0.15, -0.1) is 11.8 Å². The molecule has 7 rings (SSSR count). The molecule has 0 aliphatic carbocycles. The number of phenolic OH excluding ortho intramolecular Hbond substituents is 1. The first-order valence-electron chi connectivity index (χ1n) is 30.0. The predicted molar refractivity (Wildman–Crippen MR) is 314 cm³/mol. The monoisotopic (exact) mass is 1230 g/mol. The molecule has 13 N–H and O–H groups in total. The first-order chi connectivity index (χ1) is 41.5. The van der Waals surface area contributed by atoms with E-state index in [1.54, 1.807) is 19.9 Å². The molecule has 0 radical (unpaired) electrons. The smallest absolute Gasteiger partial charge is 0.253 e. The summed E-state index contributed by atoms with van der Waals surface area (Å²) < 4.78 is 0. The Morgan fingerprint density at radius 3 is 2.21 bits per heavy atom. The zero-order chi connectivity index (χ0) is 63.2. The van der Waals surface area contributed by atoms with Crippen LogP contribution in [0.1, 0.15) is 109 Å². The number of amides is 10. The van der Waals surface area contributed by atoms with E-state index in [4.69, 9.17) is 5.73 Å². The van der Waals surface area contributed by atoms with Crippen LogP contribution in [0.25, 0.3) is 10.9 Å². The number of piperidine rings is 1. The minimum atomic E-state index is -1.64. The number of unbranched alkanes of at least 4 members (excludes halogenated alkanes) is 2. The third-order valence-corrected chi connectivity index (χ3v) is 18.5. The standard InChI is InChI=1S/C59H83N11O16S/c1-4-31(2)52-57(85)63-25-48(79)64-40-30-87-58-38(37-9-10-42(73)39(54(37)67-58)28-68-18-14-33(15-19-68)13-16-61-47(78)8-6-5-7-17-69-50(81)11-12-51(69)82)20-34(55(83)62-26-49(80)65-52)21-44(75)53(32(3)45(76)29-71)66-56(84)41-24-36(72)27-70(41)59(86)35(22-43(40)74)23-46(60)77/h9-12,31-36,40-41,45,52-53,67,71-73,76H,4-8,13-30H2,1-3H3,(H2,60,77)(H,61,78)(H,62,83)(H,63,85)(H,64,79)(H,65,80)(H,66,84)/t31-,32-,34-,35-,36+,40-,41-,45-,52-,53-/m0/s1. The lowest BCUT2D eigenvalue weighted by Crippen LogP contribution is -2.56. The van der Waals surface area contributed by atoms with Crippen LogP contribution in [0.15, 0.2) is 29.3 Å². The van der Waals surface area contributed by atoms with Gasteiger partial charge >= 0.3 is 0 Å². The van der Waals surface area contributed by atoms with Gasteiger partial charge in [-0.25, -0.2) is 0 Å². The van der Waals surface area contributed by atoms with Crippen molar-refractivity contribution in [1.29, 1.82) is 0 Å². The minimum absolute atomic E-state index is 0.0792. The number of aromatic hydroxyl groups is 1. The maximum absolute atomic E-state index is 15.0. The zero-order valence-corrected chi connectivity index (χ0v) is 50.3. The van der Waals surface area contributed by atoms with Gasteiger partial charge in [-0.1, -0.05) is 33.6 Å². The highest BCUT2D eigenvalue weighted by molar-refractivity contribution is 7.99. The number of rotatable bonds is 18. The van der Waals surface area contributed by atoms with Gasteiger partial charge in [0.2, 0.25) is 47.3 Å². The molecule has 6 heterocycles. The van der Waals surface area contributed by atoms with E-state index in [2.05, 4.69) is 41.8 Å². The quantitative estimate of drug-likeness (QED) is 0.0594. The molecule has 2 aromatic rings. The number of nitrogens with two attached hydrogens (primary N) is 1. The topological polar surface area (TPSA) is 409 Å². The summed E-state index contributed by atoms with van der Waals surface area (Å²) in [6.07, 6.45) is 1.79. The van der Waals surface area contributed by atoms with Crippen molar-refractivity contribution >= 4 is 93.3 Å². The molecule has 10 amide bonds. The Morgan fingerprint density at radius 2 is 1.53 bits per heavy atom. The number of aliphatic hydroxyl groups is 3. The fourth-order valence-electron chi connectivity index (χ4n) is 11.9. The molecular formula is C59H83N11O16S. The number of fused-ring (bicyclic) bond motifs is 5. The number of ketones is 2. The number of nitrogens with zero attached hydrogens (tertiary/aromatic N) is 3. The Kier molecular flexibility index (Phi) is 24.0. The van der Waals surface area contributed by atoms with E-state index in [1.807, 2.05) is 0 Å². The van der Waals surface area contributed by atoms with Gasteiger partial charge in [-0.3, -0.25) is 67.3 Å². The molecule has 2 saturated heterocycles. The second-order valence-corrected chi connectivity index (χ2v) is 24.7. The minimum Gasteiger partial charge on any atom is -0.508 e. The van der Waals surface area contributed by atoms with Gasteiger partial charge in [0, 0.05) is 99.0 Å². The molecule has 0 saturated carbocycles. The second kappa shape index (κ2) is 31.1. The van der Waals surface area contributed by atoms with Crippen LogP contribution in [0.2, 0.25) is 0 Å². The van der Waals surface area contributed by atoms with Crippen LogP contribution in [-0.2, 0) is 70.5 Å². The van der Waals surface area contributed by atoms with E-state index in [0.29, 0.717) is 85.3 Å². The molecule has 27 nitrogen and oxygen atoms in total. The van der Waals surface area contributed by atoms with Gasteiger partial charge in [0.25, 0.3) is 11.8 Å². The predicted octanol–water partition coefficient (Wildman–Crippen LogP) is -1.55. The maximum atomic E-state index is 15.0. The fourth-order valence-corrected chi connectivity index (χ4v) is 13.1. The Balaban J connectivity index is 1.21. The maximum Gasteiger partial charge on any atom is 0.253 e. The number of carbonyl (C=O) groups is 12. The number of aromatic amines is 1. The molecule has 2 bridgehead atoms. The van der Waals surface area contributed by atoms with Crippen LogP contribution in [0.3, 0.4) is 0 Å². The van der Waals surface area contributed by atoms with Gasteiger partial charge < -0.3 is 67.9 Å².